The first-order chi connectivity index (χ1) is 8.96. The van der Waals surface area contributed by atoms with Crippen molar-refractivity contribution < 1.29 is 8.78 Å². The van der Waals surface area contributed by atoms with Crippen molar-refractivity contribution in [2.24, 2.45) is 0 Å². The van der Waals surface area contributed by atoms with Crippen LogP contribution in [-0.4, -0.2) is 4.33 Å². The lowest BCUT2D eigenvalue weighted by molar-refractivity contribution is 0.624. The largest absolute Gasteiger partial charge is 0.207 e. The Morgan fingerprint density at radius 1 is 0.737 bits per heavy atom. The van der Waals surface area contributed by atoms with Gasteiger partial charge in [-0.15, -0.1) is 23.2 Å². The average molecular weight is 299 g/mol. The molecule has 0 amide bonds. The molecule has 0 bridgehead atoms. The Morgan fingerprint density at radius 3 is 1.32 bits per heavy atom. The molecule has 1 aliphatic rings. The molecule has 0 atom stereocenters. The van der Waals surface area contributed by atoms with Crippen LogP contribution in [0.25, 0.3) is 0 Å². The van der Waals surface area contributed by atoms with Crippen LogP contribution in [0.4, 0.5) is 8.78 Å². The SMILES string of the molecule is Fc1ccc(C2(c3ccc(F)cc3)CC2(Cl)Cl)cc1. The van der Waals surface area contributed by atoms with E-state index in [-0.39, 0.29) is 11.6 Å². The third kappa shape index (κ3) is 1.94. The molecular formula is C15H10Cl2F2. The minimum atomic E-state index is -0.942. The molecule has 0 nitrogen and oxygen atoms in total. The third-order valence-corrected chi connectivity index (χ3v) is 4.57. The molecule has 0 saturated heterocycles. The number of rotatable bonds is 2. The van der Waals surface area contributed by atoms with E-state index in [1.807, 2.05) is 0 Å². The van der Waals surface area contributed by atoms with Crippen molar-refractivity contribution in [1.29, 1.82) is 0 Å². The standard InChI is InChI=1S/C15H10Cl2F2/c16-15(17)9-14(15,10-1-5-12(18)6-2-10)11-3-7-13(19)8-4-11/h1-8H,9H2. The Bertz CT molecular complexity index is 558. The molecule has 98 valence electrons. The predicted octanol–water partition coefficient (Wildman–Crippen LogP) is 4.83. The summed E-state index contributed by atoms with van der Waals surface area (Å²) < 4.78 is 25.1. The molecule has 4 heteroatoms. The number of halogens is 4. The molecule has 0 spiro atoms. The van der Waals surface area contributed by atoms with Crippen LogP contribution in [0.1, 0.15) is 17.5 Å². The molecule has 2 aromatic carbocycles. The summed E-state index contributed by atoms with van der Waals surface area (Å²) in [5.74, 6) is -0.623. The van der Waals surface area contributed by atoms with Gasteiger partial charge in [0.05, 0.1) is 5.41 Å². The zero-order valence-corrected chi connectivity index (χ0v) is 11.3. The van der Waals surface area contributed by atoms with Crippen LogP contribution in [0.15, 0.2) is 48.5 Å². The summed E-state index contributed by atoms with van der Waals surface area (Å²) in [6.07, 6.45) is 0.528. The molecule has 1 saturated carbocycles. The van der Waals surface area contributed by atoms with Gasteiger partial charge in [-0.3, -0.25) is 0 Å². The number of hydrogen-bond acceptors (Lipinski definition) is 0. The first-order valence-corrected chi connectivity index (χ1v) is 6.61. The van der Waals surface area contributed by atoms with E-state index in [0.29, 0.717) is 6.42 Å². The zero-order valence-electron chi connectivity index (χ0n) is 9.84. The summed E-state index contributed by atoms with van der Waals surface area (Å²) in [7, 11) is 0. The smallest absolute Gasteiger partial charge is 0.133 e. The van der Waals surface area contributed by atoms with E-state index in [1.54, 1.807) is 24.3 Å². The van der Waals surface area contributed by atoms with Gasteiger partial charge in [-0.1, -0.05) is 24.3 Å². The van der Waals surface area contributed by atoms with Crippen LogP contribution in [0.2, 0.25) is 0 Å². The lowest BCUT2D eigenvalue weighted by Crippen LogP contribution is -2.17. The predicted molar refractivity (Wildman–Crippen MR) is 72.6 cm³/mol. The highest BCUT2D eigenvalue weighted by Gasteiger charge is 2.68. The molecule has 1 aliphatic carbocycles. The Morgan fingerprint density at radius 2 is 1.05 bits per heavy atom. The van der Waals surface area contributed by atoms with Crippen LogP contribution in [0.3, 0.4) is 0 Å². The highest BCUT2D eigenvalue weighted by molar-refractivity contribution is 6.52. The lowest BCUT2D eigenvalue weighted by atomic mass is 9.88. The molecule has 0 N–H and O–H groups in total. The average Bonchev–Trinajstić information content (AvgIpc) is 2.95. The van der Waals surface area contributed by atoms with Crippen LogP contribution in [0, 0.1) is 11.6 Å². The zero-order chi connectivity index (χ0) is 13.7. The maximum Gasteiger partial charge on any atom is 0.133 e. The summed E-state index contributed by atoms with van der Waals surface area (Å²) in [6.45, 7) is 0. The second-order valence-corrected chi connectivity index (χ2v) is 6.28. The van der Waals surface area contributed by atoms with E-state index in [1.165, 1.54) is 24.3 Å². The second kappa shape index (κ2) is 4.19. The van der Waals surface area contributed by atoms with Crippen LogP contribution in [0.5, 0.6) is 0 Å². The van der Waals surface area contributed by atoms with Crippen molar-refractivity contribution in [3.63, 3.8) is 0 Å². The molecule has 0 aromatic heterocycles. The summed E-state index contributed by atoms with van der Waals surface area (Å²) >= 11 is 12.6. The number of hydrogen-bond donors (Lipinski definition) is 0. The molecule has 0 radical (unpaired) electrons. The minimum absolute atomic E-state index is 0.312. The van der Waals surface area contributed by atoms with Gasteiger partial charge >= 0.3 is 0 Å². The van der Waals surface area contributed by atoms with E-state index >= 15 is 0 Å². The molecular weight excluding hydrogens is 289 g/mol. The molecule has 0 heterocycles. The van der Waals surface area contributed by atoms with Crippen molar-refractivity contribution >= 4 is 23.2 Å². The van der Waals surface area contributed by atoms with E-state index in [9.17, 15) is 8.78 Å². The fourth-order valence-electron chi connectivity index (χ4n) is 2.55. The van der Waals surface area contributed by atoms with E-state index in [2.05, 4.69) is 0 Å². The van der Waals surface area contributed by atoms with Crippen molar-refractivity contribution in [1.82, 2.24) is 0 Å². The van der Waals surface area contributed by atoms with Gasteiger partial charge in [-0.05, 0) is 41.8 Å². The van der Waals surface area contributed by atoms with Gasteiger partial charge < -0.3 is 0 Å². The molecule has 1 fully saturated rings. The van der Waals surface area contributed by atoms with Gasteiger partial charge in [0.2, 0.25) is 0 Å². The molecule has 0 unspecified atom stereocenters. The number of alkyl halides is 2. The van der Waals surface area contributed by atoms with Gasteiger partial charge in [-0.2, -0.15) is 0 Å². The quantitative estimate of drug-likeness (QED) is 0.697. The van der Waals surface area contributed by atoms with Gasteiger partial charge in [0.15, 0.2) is 0 Å². The summed E-state index contributed by atoms with van der Waals surface area (Å²) in [5, 5.41) is 0. The first-order valence-electron chi connectivity index (χ1n) is 5.86. The maximum absolute atomic E-state index is 13.0. The van der Waals surface area contributed by atoms with Gasteiger partial charge in [-0.25, -0.2) is 8.78 Å². The Kier molecular flexibility index (Phi) is 2.84. The van der Waals surface area contributed by atoms with Crippen LogP contribution >= 0.6 is 23.2 Å². The van der Waals surface area contributed by atoms with Crippen molar-refractivity contribution in [3.05, 3.63) is 71.3 Å². The fraction of sp³-hybridized carbons (Fsp3) is 0.200. The van der Waals surface area contributed by atoms with Crippen LogP contribution in [-0.2, 0) is 5.41 Å². The molecule has 19 heavy (non-hydrogen) atoms. The van der Waals surface area contributed by atoms with E-state index in [0.717, 1.165) is 11.1 Å². The normalized spacial score (nSPS) is 19.2. The second-order valence-electron chi connectivity index (χ2n) is 4.80. The fourth-order valence-corrected chi connectivity index (χ4v) is 3.39. The van der Waals surface area contributed by atoms with Crippen LogP contribution < -0.4 is 0 Å². The van der Waals surface area contributed by atoms with E-state index < -0.39 is 9.75 Å². The van der Waals surface area contributed by atoms with Crippen molar-refractivity contribution in [2.45, 2.75) is 16.2 Å². The highest BCUT2D eigenvalue weighted by atomic mass is 35.5. The van der Waals surface area contributed by atoms with Crippen molar-refractivity contribution in [2.75, 3.05) is 0 Å². The molecule has 3 rings (SSSR count). The monoisotopic (exact) mass is 298 g/mol. The highest BCUT2D eigenvalue weighted by Crippen LogP contribution is 2.68. The Balaban J connectivity index is 2.11. The third-order valence-electron chi connectivity index (χ3n) is 3.66. The van der Waals surface area contributed by atoms with Gasteiger partial charge in [0.25, 0.3) is 0 Å². The van der Waals surface area contributed by atoms with Gasteiger partial charge in [0, 0.05) is 0 Å². The first kappa shape index (κ1) is 12.9. The van der Waals surface area contributed by atoms with E-state index in [4.69, 9.17) is 23.2 Å². The molecule has 0 aliphatic heterocycles. The summed E-state index contributed by atoms with van der Waals surface area (Å²) in [4.78, 5) is 0. The summed E-state index contributed by atoms with van der Waals surface area (Å²) in [5.41, 5.74) is 1.09. The number of benzene rings is 2. The maximum atomic E-state index is 13.0. The van der Waals surface area contributed by atoms with Crippen molar-refractivity contribution in [3.8, 4) is 0 Å². The lowest BCUT2D eigenvalue weighted by Gasteiger charge is -2.19. The molecule has 2 aromatic rings. The van der Waals surface area contributed by atoms with Gasteiger partial charge in [0.1, 0.15) is 16.0 Å². The Labute approximate surface area is 120 Å². The summed E-state index contributed by atoms with van der Waals surface area (Å²) in [6, 6.07) is 12.2. The minimum Gasteiger partial charge on any atom is -0.207 e. The topological polar surface area (TPSA) is 0 Å². The Hall–Kier alpha value is -1.12.